The molecule has 1 atom stereocenters. The van der Waals surface area contributed by atoms with E-state index in [0.717, 1.165) is 11.3 Å². The third kappa shape index (κ3) is 2.58. The Hall–Kier alpha value is -1.14. The molecule has 5 nitrogen and oxygen atoms in total. The molecule has 6 heteroatoms. The quantitative estimate of drug-likeness (QED) is 0.815. The first-order chi connectivity index (χ1) is 8.03. The molecule has 0 aliphatic carbocycles. The Labute approximate surface area is 102 Å². The number of sulfone groups is 1. The lowest BCUT2D eigenvalue weighted by Gasteiger charge is -2.36. The van der Waals surface area contributed by atoms with Gasteiger partial charge < -0.3 is 10.6 Å². The number of hydrogen-bond donors (Lipinski definition) is 1. The molecule has 1 aliphatic heterocycles. The molecule has 1 saturated heterocycles. The van der Waals surface area contributed by atoms with Gasteiger partial charge in [0.2, 0.25) is 0 Å². The zero-order valence-corrected chi connectivity index (χ0v) is 10.7. The number of hydrogen-bond acceptors (Lipinski definition) is 5. The zero-order valence-electron chi connectivity index (χ0n) is 9.83. The maximum Gasteiger partial charge on any atom is 0.154 e. The van der Waals surface area contributed by atoms with Gasteiger partial charge in [-0.1, -0.05) is 0 Å². The van der Waals surface area contributed by atoms with Crippen molar-refractivity contribution >= 4 is 15.5 Å². The van der Waals surface area contributed by atoms with Crippen LogP contribution in [0.5, 0.6) is 0 Å². The third-order valence-electron chi connectivity index (χ3n) is 3.08. The van der Waals surface area contributed by atoms with Crippen molar-refractivity contribution in [3.63, 3.8) is 0 Å². The number of rotatable bonds is 2. The van der Waals surface area contributed by atoms with Crippen molar-refractivity contribution in [3.05, 3.63) is 24.0 Å². The fourth-order valence-electron chi connectivity index (χ4n) is 2.21. The molecule has 2 heterocycles. The minimum atomic E-state index is -2.88. The van der Waals surface area contributed by atoms with Gasteiger partial charge in [0.25, 0.3) is 0 Å². The molecule has 1 unspecified atom stereocenters. The second-order valence-corrected chi connectivity index (χ2v) is 6.59. The maximum atomic E-state index is 11.5. The zero-order chi connectivity index (χ0) is 12.5. The van der Waals surface area contributed by atoms with Gasteiger partial charge in [-0.25, -0.2) is 8.42 Å². The van der Waals surface area contributed by atoms with Crippen LogP contribution in [0.1, 0.15) is 12.5 Å². The third-order valence-corrected chi connectivity index (χ3v) is 4.87. The van der Waals surface area contributed by atoms with Crippen molar-refractivity contribution in [2.45, 2.75) is 19.5 Å². The molecule has 1 aromatic heterocycles. The lowest BCUT2D eigenvalue weighted by atomic mass is 10.2. The molecular formula is C11H17N3O2S. The van der Waals surface area contributed by atoms with Crippen LogP contribution in [0, 0.1) is 0 Å². The van der Waals surface area contributed by atoms with E-state index in [0.29, 0.717) is 13.1 Å². The van der Waals surface area contributed by atoms with Crippen molar-refractivity contribution in [1.82, 2.24) is 4.98 Å². The largest absolute Gasteiger partial charge is 0.366 e. The van der Waals surface area contributed by atoms with Crippen molar-refractivity contribution in [3.8, 4) is 0 Å². The van der Waals surface area contributed by atoms with Gasteiger partial charge in [-0.3, -0.25) is 4.98 Å². The fourth-order valence-corrected chi connectivity index (χ4v) is 3.77. The Morgan fingerprint density at radius 3 is 3.00 bits per heavy atom. The van der Waals surface area contributed by atoms with Crippen LogP contribution in [-0.2, 0) is 16.4 Å². The first kappa shape index (κ1) is 12.3. The van der Waals surface area contributed by atoms with E-state index in [-0.39, 0.29) is 17.5 Å². The molecule has 2 rings (SSSR count). The number of aromatic nitrogens is 1. The molecule has 0 aromatic carbocycles. The molecule has 0 radical (unpaired) electrons. The molecule has 1 aromatic rings. The number of nitrogens with two attached hydrogens (primary N) is 1. The van der Waals surface area contributed by atoms with Gasteiger partial charge in [0.15, 0.2) is 9.84 Å². The molecule has 0 amide bonds. The molecule has 1 fully saturated rings. The topological polar surface area (TPSA) is 76.3 Å². The molecule has 0 bridgehead atoms. The van der Waals surface area contributed by atoms with Crippen LogP contribution in [0.2, 0.25) is 0 Å². The van der Waals surface area contributed by atoms with Crippen molar-refractivity contribution in [2.24, 2.45) is 5.73 Å². The first-order valence-corrected chi connectivity index (χ1v) is 7.45. The summed E-state index contributed by atoms with van der Waals surface area (Å²) >= 11 is 0. The van der Waals surface area contributed by atoms with Crippen molar-refractivity contribution in [1.29, 1.82) is 0 Å². The molecule has 1 aliphatic rings. The van der Waals surface area contributed by atoms with E-state index in [4.69, 9.17) is 5.73 Å². The van der Waals surface area contributed by atoms with Gasteiger partial charge >= 0.3 is 0 Å². The van der Waals surface area contributed by atoms with Gasteiger partial charge in [0, 0.05) is 42.8 Å². The van der Waals surface area contributed by atoms with Crippen molar-refractivity contribution in [2.75, 3.05) is 23.0 Å². The molecular weight excluding hydrogens is 238 g/mol. The Morgan fingerprint density at radius 1 is 1.59 bits per heavy atom. The highest BCUT2D eigenvalue weighted by Gasteiger charge is 2.29. The predicted molar refractivity (Wildman–Crippen MR) is 67.6 cm³/mol. The van der Waals surface area contributed by atoms with E-state index in [1.807, 2.05) is 13.0 Å². The SMILES string of the molecule is CC1CS(=O)(=O)CCN1c1ccncc1CN. The number of nitrogens with zero attached hydrogens (tertiary/aromatic N) is 2. The summed E-state index contributed by atoms with van der Waals surface area (Å²) in [5.74, 6) is 0.420. The summed E-state index contributed by atoms with van der Waals surface area (Å²) in [6, 6.07) is 1.89. The summed E-state index contributed by atoms with van der Waals surface area (Å²) in [6.07, 6.45) is 3.45. The summed E-state index contributed by atoms with van der Waals surface area (Å²) in [6.45, 7) is 2.87. The molecule has 0 spiro atoms. The summed E-state index contributed by atoms with van der Waals surface area (Å²) in [5, 5.41) is 0. The maximum absolute atomic E-state index is 11.5. The van der Waals surface area contributed by atoms with E-state index in [9.17, 15) is 8.42 Å². The first-order valence-electron chi connectivity index (χ1n) is 5.63. The van der Waals surface area contributed by atoms with E-state index in [2.05, 4.69) is 9.88 Å². The highest BCUT2D eigenvalue weighted by atomic mass is 32.2. The second-order valence-electron chi connectivity index (χ2n) is 4.37. The molecule has 0 saturated carbocycles. The van der Waals surface area contributed by atoms with E-state index >= 15 is 0 Å². The Balaban J connectivity index is 2.29. The van der Waals surface area contributed by atoms with Crippen LogP contribution in [0.25, 0.3) is 0 Å². The summed E-state index contributed by atoms with van der Waals surface area (Å²) in [4.78, 5) is 6.14. The van der Waals surface area contributed by atoms with Gasteiger partial charge in [-0.05, 0) is 13.0 Å². The molecule has 17 heavy (non-hydrogen) atoms. The van der Waals surface area contributed by atoms with E-state index in [1.54, 1.807) is 12.4 Å². The second kappa shape index (κ2) is 4.62. The fraction of sp³-hybridized carbons (Fsp3) is 0.545. The Bertz CT molecular complexity index is 501. The minimum Gasteiger partial charge on any atom is -0.366 e. The van der Waals surface area contributed by atoms with Gasteiger partial charge in [-0.15, -0.1) is 0 Å². The van der Waals surface area contributed by atoms with Crippen molar-refractivity contribution < 1.29 is 8.42 Å². The predicted octanol–water partition coefficient (Wildman–Crippen LogP) is 0.164. The van der Waals surface area contributed by atoms with E-state index < -0.39 is 9.84 Å². The van der Waals surface area contributed by atoms with Crippen LogP contribution < -0.4 is 10.6 Å². The average molecular weight is 255 g/mol. The molecule has 2 N–H and O–H groups in total. The lowest BCUT2D eigenvalue weighted by Crippen LogP contribution is -2.47. The monoisotopic (exact) mass is 255 g/mol. The number of pyridine rings is 1. The van der Waals surface area contributed by atoms with Gasteiger partial charge in [-0.2, -0.15) is 0 Å². The standard InChI is InChI=1S/C11H17N3O2S/c1-9-8-17(15,16)5-4-14(9)11-2-3-13-7-10(11)6-12/h2-3,7,9H,4-6,8,12H2,1H3. The van der Waals surface area contributed by atoms with Gasteiger partial charge in [0.05, 0.1) is 11.5 Å². The molecule has 94 valence electrons. The van der Waals surface area contributed by atoms with Crippen LogP contribution in [0.3, 0.4) is 0 Å². The highest BCUT2D eigenvalue weighted by molar-refractivity contribution is 7.91. The highest BCUT2D eigenvalue weighted by Crippen LogP contribution is 2.24. The smallest absolute Gasteiger partial charge is 0.154 e. The van der Waals surface area contributed by atoms with Crippen LogP contribution in [0.4, 0.5) is 5.69 Å². The Kier molecular flexibility index (Phi) is 3.35. The van der Waals surface area contributed by atoms with Crippen LogP contribution >= 0.6 is 0 Å². The van der Waals surface area contributed by atoms with Gasteiger partial charge in [0.1, 0.15) is 0 Å². The summed E-state index contributed by atoms with van der Waals surface area (Å²) in [7, 11) is -2.88. The van der Waals surface area contributed by atoms with Crippen LogP contribution in [-0.4, -0.2) is 37.5 Å². The minimum absolute atomic E-state index is 0.0125. The number of anilines is 1. The van der Waals surface area contributed by atoms with E-state index in [1.165, 1.54) is 0 Å². The lowest BCUT2D eigenvalue weighted by molar-refractivity contribution is 0.568. The normalized spacial score (nSPS) is 23.6. The Morgan fingerprint density at radius 2 is 2.35 bits per heavy atom. The summed E-state index contributed by atoms with van der Waals surface area (Å²) in [5.41, 5.74) is 7.63. The van der Waals surface area contributed by atoms with Crippen LogP contribution in [0.15, 0.2) is 18.5 Å². The summed E-state index contributed by atoms with van der Waals surface area (Å²) < 4.78 is 23.1. The average Bonchev–Trinajstić information content (AvgIpc) is 2.28.